The topological polar surface area (TPSA) is 102 Å². The van der Waals surface area contributed by atoms with Crippen molar-refractivity contribution >= 4 is 132 Å². The largest absolute Gasteiger partial charge is 0.464 e. The molecule has 18 rings (SSSR count). The standard InChI is InChI=1S/C19H18N2.C19H17NO.C18H16N2O.2C17H18N2/c1-2-12-21-18-8-4-3-6-15(18)16-13-14(9-10-19(16)21)17-7-5-11-20-17;1-2-11-20-17-7-4-3-6-15(17)16-13-14(9-10-18(16)20)19-8-5-12-21-19;1-2-9-20-16-6-4-3-5-14(16)15-10-13(7-8-17(15)20)18-11-19-12-21-18;1-4-10-19-15-8-7-13(12(2)3)11-14(15)17-16(19)6-5-9-18-17;1-4-9-19-16-8-6-5-7-14(16)15-10-13(12(2)3)11-18-17(15)19/h3-4,6-11,13H,2,5,12H2,1H3;3-10,12-13H,2,11H2,1H3;3-8,10-12H,2,9H2,1H3;5-9,11H,2,4,10H2,1,3H3;5-8,10-11H,2,4,9H2,1,3H3. The minimum absolute atomic E-state index is 0.809. The Labute approximate surface area is 590 Å². The fourth-order valence-electron chi connectivity index (χ4n) is 14.6. The van der Waals surface area contributed by atoms with Gasteiger partial charge in [0.2, 0.25) is 0 Å². The summed E-state index contributed by atoms with van der Waals surface area (Å²) in [5, 5.41) is 11.6. The molecular weight excluding hydrogens is 1240 g/mol. The van der Waals surface area contributed by atoms with E-state index >= 15 is 0 Å². The maximum absolute atomic E-state index is 5.53. The molecule has 0 atom stereocenters. The van der Waals surface area contributed by atoms with Crippen molar-refractivity contribution in [2.75, 3.05) is 0 Å². The average Bonchev–Trinajstić information content (AvgIpc) is 1.65. The highest BCUT2D eigenvalue weighted by Gasteiger charge is 2.18. The molecule has 17 aromatic rings. The smallest absolute Gasteiger partial charge is 0.181 e. The summed E-state index contributed by atoms with van der Waals surface area (Å²) < 4.78 is 22.9. The van der Waals surface area contributed by atoms with Gasteiger partial charge in [0.25, 0.3) is 0 Å². The number of nitrogens with zero attached hydrogens (tertiary/aromatic N) is 9. The molecule has 0 unspecified atom stereocenters. The van der Waals surface area contributed by atoms with E-state index in [9.17, 15) is 0 Å². The number of para-hydroxylation sites is 4. The zero-order valence-electron chi connectivity index (χ0n) is 59.1. The molecule has 0 saturated carbocycles. The van der Waals surface area contributed by atoms with Crippen LogP contribution in [0.15, 0.2) is 264 Å². The maximum atomic E-state index is 5.53. The second-order valence-corrected chi connectivity index (χ2v) is 26.3. The highest BCUT2D eigenvalue weighted by atomic mass is 16.3. The number of hydrogen-bond acceptors (Lipinski definition) is 6. The minimum Gasteiger partial charge on any atom is -0.464 e. The summed E-state index contributed by atoms with van der Waals surface area (Å²) in [6, 6.07) is 71.1. The van der Waals surface area contributed by atoms with Crippen LogP contribution < -0.4 is 0 Å². The van der Waals surface area contributed by atoms with Gasteiger partial charge in [-0.05, 0) is 178 Å². The van der Waals surface area contributed by atoms with Gasteiger partial charge in [0.15, 0.2) is 12.2 Å². The molecule has 504 valence electrons. The van der Waals surface area contributed by atoms with Crippen molar-refractivity contribution in [3.05, 3.63) is 267 Å². The van der Waals surface area contributed by atoms with Gasteiger partial charge in [0.05, 0.1) is 40.2 Å². The molecule has 11 heteroatoms. The van der Waals surface area contributed by atoms with Crippen molar-refractivity contribution in [1.82, 2.24) is 37.8 Å². The molecule has 1 aliphatic rings. The molecule has 0 amide bonds. The first kappa shape index (κ1) is 66.7. The third-order valence-electron chi connectivity index (χ3n) is 19.2. The van der Waals surface area contributed by atoms with E-state index in [-0.39, 0.29) is 0 Å². The summed E-state index contributed by atoms with van der Waals surface area (Å²) in [5.41, 5.74) is 22.7. The van der Waals surface area contributed by atoms with E-state index in [1.54, 1.807) is 12.5 Å². The third kappa shape index (κ3) is 13.1. The van der Waals surface area contributed by atoms with Crippen LogP contribution in [-0.4, -0.2) is 44.0 Å². The van der Waals surface area contributed by atoms with Crippen LogP contribution in [0.25, 0.3) is 149 Å². The lowest BCUT2D eigenvalue weighted by Gasteiger charge is -2.05. The summed E-state index contributed by atoms with van der Waals surface area (Å²) in [4.78, 5) is 17.7. The van der Waals surface area contributed by atoms with Gasteiger partial charge < -0.3 is 31.7 Å². The zero-order valence-corrected chi connectivity index (χ0v) is 59.1. The Balaban J connectivity index is 0.000000107. The van der Waals surface area contributed by atoms with Crippen molar-refractivity contribution in [2.24, 2.45) is 4.99 Å². The molecule has 0 spiro atoms. The van der Waals surface area contributed by atoms with Gasteiger partial charge in [-0.15, -0.1) is 0 Å². The third-order valence-corrected chi connectivity index (χ3v) is 19.2. The summed E-state index contributed by atoms with van der Waals surface area (Å²) in [7, 11) is 0. The number of benzene rings is 8. The van der Waals surface area contributed by atoms with Crippen LogP contribution in [0.3, 0.4) is 0 Å². The summed E-state index contributed by atoms with van der Waals surface area (Å²) >= 11 is 0. The van der Waals surface area contributed by atoms with Crippen LogP contribution in [0.2, 0.25) is 0 Å². The number of oxazole rings is 1. The highest BCUT2D eigenvalue weighted by Crippen LogP contribution is 2.38. The van der Waals surface area contributed by atoms with Crippen molar-refractivity contribution < 1.29 is 8.83 Å². The molecule has 0 radical (unpaired) electrons. The highest BCUT2D eigenvalue weighted by molar-refractivity contribution is 6.12. The summed E-state index contributed by atoms with van der Waals surface area (Å²) in [5.74, 6) is 1.73. The van der Waals surface area contributed by atoms with Gasteiger partial charge in [-0.1, -0.05) is 144 Å². The normalized spacial score (nSPS) is 12.0. The number of aryl methyl sites for hydroxylation is 5. The summed E-state index contributed by atoms with van der Waals surface area (Å²) in [6.07, 6.45) is 19.5. The van der Waals surface area contributed by atoms with Gasteiger partial charge in [-0.3, -0.25) is 9.98 Å². The minimum atomic E-state index is 0.809. The number of rotatable bonds is 15. The molecule has 0 aliphatic carbocycles. The monoisotopic (exact) mass is 1330 g/mol. The van der Waals surface area contributed by atoms with Crippen LogP contribution >= 0.6 is 0 Å². The average molecular weight is 1330 g/mol. The van der Waals surface area contributed by atoms with E-state index in [1.165, 1.54) is 116 Å². The number of pyridine rings is 2. The van der Waals surface area contributed by atoms with Crippen LogP contribution in [-0.2, 0) is 32.7 Å². The van der Waals surface area contributed by atoms with E-state index in [1.807, 2.05) is 50.7 Å². The Morgan fingerprint density at radius 2 is 0.832 bits per heavy atom. The van der Waals surface area contributed by atoms with Gasteiger partial charge in [0, 0.05) is 156 Å². The predicted molar refractivity (Wildman–Crippen MR) is 428 cm³/mol. The van der Waals surface area contributed by atoms with E-state index in [0.29, 0.717) is 0 Å². The quantitative estimate of drug-likeness (QED) is 0.102. The Kier molecular flexibility index (Phi) is 19.7. The summed E-state index contributed by atoms with van der Waals surface area (Å²) in [6.45, 7) is 28.3. The Hall–Kier alpha value is -11.6. The van der Waals surface area contributed by atoms with E-state index in [2.05, 4.69) is 279 Å². The number of furan rings is 1. The number of aliphatic imine (C=N–C) groups is 1. The first-order chi connectivity index (χ1) is 49.6. The molecule has 11 nitrogen and oxygen atoms in total. The number of aromatic nitrogens is 8. The maximum Gasteiger partial charge on any atom is 0.181 e. The molecule has 10 heterocycles. The molecule has 0 fully saturated rings. The molecule has 9 aromatic heterocycles. The SMILES string of the molecule is C=C(C)c1ccc2c(c1)c1ncccc1n2CCC.C=C(C)c1cnc2c(c1)c1ccccc1n2CCC.CCCn1c2ccccc2c2cc(-c3ccco3)ccc21.CCCn1c2ccccc2c2cc(-c3cnco3)ccc21.CCCn1c2ccccc2c2cc(C3=CCC=N3)ccc21. The Bertz CT molecular complexity index is 5610. The Morgan fingerprint density at radius 3 is 1.33 bits per heavy atom. The molecule has 1 aliphatic heterocycles. The first-order valence-corrected chi connectivity index (χ1v) is 35.8. The van der Waals surface area contributed by atoms with Gasteiger partial charge >= 0.3 is 0 Å². The van der Waals surface area contributed by atoms with E-state index < -0.39 is 0 Å². The van der Waals surface area contributed by atoms with Gasteiger partial charge in [-0.25, -0.2) is 9.97 Å². The van der Waals surface area contributed by atoms with Crippen LogP contribution in [0.1, 0.15) is 104 Å². The van der Waals surface area contributed by atoms with Crippen molar-refractivity contribution in [2.45, 2.75) is 120 Å². The lowest BCUT2D eigenvalue weighted by atomic mass is 10.1. The first-order valence-electron chi connectivity index (χ1n) is 35.8. The van der Waals surface area contributed by atoms with Gasteiger partial charge in [-0.2, -0.15) is 0 Å². The fourth-order valence-corrected chi connectivity index (χ4v) is 14.6. The molecule has 0 N–H and O–H groups in total. The number of fused-ring (bicyclic) bond motifs is 15. The second-order valence-electron chi connectivity index (χ2n) is 26.3. The molecule has 0 saturated heterocycles. The van der Waals surface area contributed by atoms with Gasteiger partial charge in [0.1, 0.15) is 11.4 Å². The number of hydrogen-bond donors (Lipinski definition) is 0. The fraction of sp³-hybridized carbons (Fsp3) is 0.200. The van der Waals surface area contributed by atoms with Crippen molar-refractivity contribution in [1.29, 1.82) is 0 Å². The predicted octanol–water partition coefficient (Wildman–Crippen LogP) is 24.6. The molecule has 8 aromatic carbocycles. The van der Waals surface area contributed by atoms with Crippen LogP contribution in [0.5, 0.6) is 0 Å². The van der Waals surface area contributed by atoms with Crippen LogP contribution in [0, 0.1) is 0 Å². The molecule has 0 bridgehead atoms. The van der Waals surface area contributed by atoms with E-state index in [0.717, 1.165) is 127 Å². The van der Waals surface area contributed by atoms with Crippen molar-refractivity contribution in [3.63, 3.8) is 0 Å². The van der Waals surface area contributed by atoms with E-state index in [4.69, 9.17) is 8.83 Å². The lowest BCUT2D eigenvalue weighted by molar-refractivity contribution is 0.572. The zero-order chi connectivity index (χ0) is 69.5. The van der Waals surface area contributed by atoms with Crippen molar-refractivity contribution in [3.8, 4) is 22.6 Å². The molecular formula is C90H87N9O2. The molecule has 101 heavy (non-hydrogen) atoms. The lowest BCUT2D eigenvalue weighted by Crippen LogP contribution is -1.97. The van der Waals surface area contributed by atoms with Crippen LogP contribution in [0.4, 0.5) is 0 Å². The second kappa shape index (κ2) is 29.9. The number of allylic oxidation sites excluding steroid dienone is 3. The Morgan fingerprint density at radius 1 is 0.386 bits per heavy atom.